The van der Waals surface area contributed by atoms with Gasteiger partial charge in [0.2, 0.25) is 12.2 Å². The summed E-state index contributed by atoms with van der Waals surface area (Å²) in [5.41, 5.74) is 2.81. The van der Waals surface area contributed by atoms with Gasteiger partial charge in [-0.2, -0.15) is 0 Å². The molecule has 7 heteroatoms. The molecule has 0 fully saturated rings. The van der Waals surface area contributed by atoms with Crippen LogP contribution in [0, 0.1) is 5.92 Å². The molecular formula is C14H18N3O4. The molecule has 21 heavy (non-hydrogen) atoms. The second kappa shape index (κ2) is 8.70. The molecule has 0 bridgehead atoms. The Morgan fingerprint density at radius 1 is 1.33 bits per heavy atom. The summed E-state index contributed by atoms with van der Waals surface area (Å²) < 4.78 is 4.97. The van der Waals surface area contributed by atoms with Crippen molar-refractivity contribution in [3.05, 3.63) is 35.9 Å². The van der Waals surface area contributed by atoms with Crippen molar-refractivity contribution in [1.29, 1.82) is 0 Å². The lowest BCUT2D eigenvalue weighted by atomic mass is 10.0. The van der Waals surface area contributed by atoms with Crippen molar-refractivity contribution in [2.45, 2.75) is 26.0 Å². The van der Waals surface area contributed by atoms with Crippen molar-refractivity contribution in [1.82, 2.24) is 10.7 Å². The molecule has 0 aromatic heterocycles. The molecule has 0 aliphatic carbocycles. The Morgan fingerprint density at radius 3 is 2.57 bits per heavy atom. The van der Waals surface area contributed by atoms with E-state index in [4.69, 9.17) is 10.6 Å². The number of carbonyl (C=O) groups excluding carboxylic acids is 3. The summed E-state index contributed by atoms with van der Waals surface area (Å²) in [6.45, 7) is 1.68. The number of carbonyl (C=O) groups is 2. The van der Waals surface area contributed by atoms with Crippen LogP contribution in [-0.2, 0) is 20.9 Å². The Labute approximate surface area is 122 Å². The predicted molar refractivity (Wildman–Crippen MR) is 75.4 cm³/mol. The van der Waals surface area contributed by atoms with Crippen molar-refractivity contribution in [3.63, 3.8) is 0 Å². The Bertz CT molecular complexity index is 478. The molecule has 0 saturated carbocycles. The third-order valence-corrected chi connectivity index (χ3v) is 2.83. The molecule has 113 valence electrons. The number of alkyl carbamates (subject to hydrolysis) is 1. The number of benzene rings is 1. The number of amides is 2. The fourth-order valence-electron chi connectivity index (χ4n) is 1.65. The first-order valence-corrected chi connectivity index (χ1v) is 6.42. The molecule has 7 nitrogen and oxygen atoms in total. The van der Waals surface area contributed by atoms with Crippen LogP contribution in [0.25, 0.3) is 0 Å². The van der Waals surface area contributed by atoms with Crippen molar-refractivity contribution < 1.29 is 19.1 Å². The highest BCUT2D eigenvalue weighted by atomic mass is 16.5. The van der Waals surface area contributed by atoms with Crippen LogP contribution >= 0.6 is 0 Å². The fourth-order valence-corrected chi connectivity index (χ4v) is 1.65. The fraction of sp³-hybridized carbons (Fsp3) is 0.357. The number of nitrogens with two attached hydrogens (primary N) is 1. The lowest BCUT2D eigenvalue weighted by Crippen LogP contribution is -2.41. The third-order valence-electron chi connectivity index (χ3n) is 2.83. The van der Waals surface area contributed by atoms with E-state index in [1.165, 1.54) is 0 Å². The second-order valence-electron chi connectivity index (χ2n) is 4.52. The van der Waals surface area contributed by atoms with E-state index in [1.54, 1.807) is 13.2 Å². The molecule has 0 saturated heterocycles. The van der Waals surface area contributed by atoms with Crippen LogP contribution in [0.1, 0.15) is 18.9 Å². The molecule has 1 rings (SSSR count). The van der Waals surface area contributed by atoms with Gasteiger partial charge in [0, 0.05) is 5.92 Å². The van der Waals surface area contributed by atoms with Crippen LogP contribution in [-0.4, -0.2) is 24.3 Å². The van der Waals surface area contributed by atoms with E-state index < -0.39 is 24.0 Å². The molecule has 1 aromatic carbocycles. The van der Waals surface area contributed by atoms with E-state index in [0.717, 1.165) is 5.56 Å². The van der Waals surface area contributed by atoms with E-state index in [0.29, 0.717) is 0 Å². The largest absolute Gasteiger partial charge is 0.445 e. The Hall–Kier alpha value is -2.41. The first-order chi connectivity index (χ1) is 10.1. The maximum absolute atomic E-state index is 11.6. The summed E-state index contributed by atoms with van der Waals surface area (Å²) in [4.78, 5) is 33.6. The van der Waals surface area contributed by atoms with Gasteiger partial charge in [-0.3, -0.25) is 15.0 Å². The zero-order valence-corrected chi connectivity index (χ0v) is 11.7. The van der Waals surface area contributed by atoms with Crippen LogP contribution in [0.5, 0.6) is 0 Å². The molecule has 4 N–H and O–H groups in total. The summed E-state index contributed by atoms with van der Waals surface area (Å²) in [5, 5.41) is 2.34. The summed E-state index contributed by atoms with van der Waals surface area (Å²) >= 11 is 0. The number of hydrogen-bond donors (Lipinski definition) is 3. The lowest BCUT2D eigenvalue weighted by molar-refractivity contribution is -0.124. The standard InChI is InChI=1S/C14H18N3O4/c1-10(13(19)17-15)7-12(8-18)16-14(20)21-9-11-5-3-2-4-6-11/h2-6,10,12H,7,9,15H2,1H3,(H,16,20)(H,17,19)/t10?,12-/m0/s1. The average molecular weight is 292 g/mol. The number of rotatable bonds is 7. The molecule has 1 aromatic rings. The summed E-state index contributed by atoms with van der Waals surface area (Å²) in [6.07, 6.45) is 1.01. The van der Waals surface area contributed by atoms with E-state index in [-0.39, 0.29) is 13.0 Å². The van der Waals surface area contributed by atoms with E-state index in [9.17, 15) is 14.4 Å². The Balaban J connectivity index is 2.40. The van der Waals surface area contributed by atoms with Gasteiger partial charge in [0.25, 0.3) is 0 Å². The monoisotopic (exact) mass is 292 g/mol. The molecule has 1 radical (unpaired) electrons. The molecule has 0 aliphatic heterocycles. The quantitative estimate of drug-likeness (QED) is 0.383. The SMILES string of the molecule is CC(C[C@@H]([C]=O)NC(=O)OCc1ccccc1)C(=O)NN. The number of nitrogens with one attached hydrogen (secondary N) is 2. The highest BCUT2D eigenvalue weighted by Crippen LogP contribution is 2.06. The van der Waals surface area contributed by atoms with Crippen LogP contribution in [0.15, 0.2) is 30.3 Å². The number of hydrazine groups is 1. The maximum atomic E-state index is 11.6. The van der Waals surface area contributed by atoms with Crippen molar-refractivity contribution in [3.8, 4) is 0 Å². The van der Waals surface area contributed by atoms with Gasteiger partial charge in [0.15, 0.2) is 0 Å². The molecule has 2 amide bonds. The summed E-state index contributed by atoms with van der Waals surface area (Å²) in [7, 11) is 0. The first kappa shape index (κ1) is 16.6. The average Bonchev–Trinajstić information content (AvgIpc) is 2.52. The van der Waals surface area contributed by atoms with Gasteiger partial charge in [-0.25, -0.2) is 10.6 Å². The van der Waals surface area contributed by atoms with Gasteiger partial charge in [0.05, 0.1) is 6.04 Å². The molecule has 0 heterocycles. The van der Waals surface area contributed by atoms with Gasteiger partial charge in [-0.15, -0.1) is 0 Å². The van der Waals surface area contributed by atoms with Gasteiger partial charge < -0.3 is 10.1 Å². The summed E-state index contributed by atoms with van der Waals surface area (Å²) in [6, 6.07) is 8.19. The van der Waals surface area contributed by atoms with E-state index in [1.807, 2.05) is 35.8 Å². The minimum atomic E-state index is -0.930. The zero-order valence-electron chi connectivity index (χ0n) is 11.7. The molecule has 2 atom stereocenters. The maximum Gasteiger partial charge on any atom is 0.408 e. The van der Waals surface area contributed by atoms with Crippen LogP contribution in [0.2, 0.25) is 0 Å². The molecule has 0 spiro atoms. The van der Waals surface area contributed by atoms with Crippen molar-refractivity contribution in [2.75, 3.05) is 0 Å². The Morgan fingerprint density at radius 2 is 2.00 bits per heavy atom. The van der Waals surface area contributed by atoms with Crippen LogP contribution < -0.4 is 16.6 Å². The Kier molecular flexibility index (Phi) is 6.90. The third kappa shape index (κ3) is 6.05. The van der Waals surface area contributed by atoms with Crippen LogP contribution in [0.3, 0.4) is 0 Å². The highest BCUT2D eigenvalue weighted by molar-refractivity contribution is 5.79. The van der Waals surface area contributed by atoms with Gasteiger partial charge >= 0.3 is 6.09 Å². The molecule has 1 unspecified atom stereocenters. The van der Waals surface area contributed by atoms with E-state index >= 15 is 0 Å². The first-order valence-electron chi connectivity index (χ1n) is 6.42. The molecule has 0 aliphatic rings. The van der Waals surface area contributed by atoms with Gasteiger partial charge in [-0.05, 0) is 12.0 Å². The minimum absolute atomic E-state index is 0.0902. The second-order valence-corrected chi connectivity index (χ2v) is 4.52. The van der Waals surface area contributed by atoms with Crippen molar-refractivity contribution in [2.24, 2.45) is 11.8 Å². The van der Waals surface area contributed by atoms with E-state index in [2.05, 4.69) is 5.32 Å². The lowest BCUT2D eigenvalue weighted by Gasteiger charge is -2.15. The number of ether oxygens (including phenoxy) is 1. The number of hydrogen-bond acceptors (Lipinski definition) is 5. The molecular weight excluding hydrogens is 274 g/mol. The van der Waals surface area contributed by atoms with Crippen LogP contribution in [0.4, 0.5) is 4.79 Å². The smallest absolute Gasteiger partial charge is 0.408 e. The normalized spacial score (nSPS) is 12.9. The minimum Gasteiger partial charge on any atom is -0.445 e. The van der Waals surface area contributed by atoms with Crippen molar-refractivity contribution >= 4 is 18.3 Å². The highest BCUT2D eigenvalue weighted by Gasteiger charge is 2.20. The van der Waals surface area contributed by atoms with Gasteiger partial charge in [0.1, 0.15) is 6.61 Å². The predicted octanol–water partition coefficient (Wildman–Crippen LogP) is 0.407. The summed E-state index contributed by atoms with van der Waals surface area (Å²) in [5.74, 6) is 4.04. The topological polar surface area (TPSA) is 111 Å². The van der Waals surface area contributed by atoms with Gasteiger partial charge in [-0.1, -0.05) is 37.3 Å². The zero-order chi connectivity index (χ0) is 15.7.